The third-order valence-corrected chi connectivity index (χ3v) is 2.73. The van der Waals surface area contributed by atoms with Crippen molar-refractivity contribution in [2.24, 2.45) is 0 Å². The maximum absolute atomic E-state index is 11.5. The average Bonchev–Trinajstić information content (AvgIpc) is 2.61. The first-order valence-electron chi connectivity index (χ1n) is 5.04. The Kier molecular flexibility index (Phi) is 3.16. The SMILES string of the molecule is O=C(O)C(c1cccc(Cl)c1)N1C(=O)C=CC1=O. The molecular weight excluding hydrogens is 258 g/mol. The van der Waals surface area contributed by atoms with Gasteiger partial charge in [0.2, 0.25) is 0 Å². The largest absolute Gasteiger partial charge is 0.479 e. The number of amides is 2. The molecular formula is C12H8ClNO4. The van der Waals surface area contributed by atoms with E-state index in [-0.39, 0.29) is 5.56 Å². The minimum absolute atomic E-state index is 0.278. The van der Waals surface area contributed by atoms with Crippen LogP contribution in [0.5, 0.6) is 0 Å². The minimum atomic E-state index is -1.36. The molecule has 1 aromatic rings. The summed E-state index contributed by atoms with van der Waals surface area (Å²) >= 11 is 5.78. The van der Waals surface area contributed by atoms with E-state index in [9.17, 15) is 19.5 Å². The smallest absolute Gasteiger partial charge is 0.331 e. The average molecular weight is 266 g/mol. The van der Waals surface area contributed by atoms with Crippen molar-refractivity contribution in [2.45, 2.75) is 6.04 Å². The van der Waals surface area contributed by atoms with E-state index in [0.717, 1.165) is 12.2 Å². The van der Waals surface area contributed by atoms with Gasteiger partial charge in [0, 0.05) is 17.2 Å². The molecule has 1 unspecified atom stereocenters. The molecule has 0 radical (unpaired) electrons. The summed E-state index contributed by atoms with van der Waals surface area (Å²) in [5.41, 5.74) is 0.278. The van der Waals surface area contributed by atoms with Crippen LogP contribution in [0.15, 0.2) is 36.4 Å². The van der Waals surface area contributed by atoms with Crippen LogP contribution in [0, 0.1) is 0 Å². The van der Waals surface area contributed by atoms with Gasteiger partial charge in [0.25, 0.3) is 11.8 Å². The summed E-state index contributed by atoms with van der Waals surface area (Å²) in [6, 6.07) is 4.70. The number of carboxylic acids is 1. The van der Waals surface area contributed by atoms with Crippen molar-refractivity contribution in [1.29, 1.82) is 0 Å². The normalized spacial score (nSPS) is 16.2. The second kappa shape index (κ2) is 4.62. The molecule has 1 aromatic carbocycles. The summed E-state index contributed by atoms with van der Waals surface area (Å²) in [7, 11) is 0. The summed E-state index contributed by atoms with van der Waals surface area (Å²) in [5, 5.41) is 9.54. The number of rotatable bonds is 3. The zero-order valence-electron chi connectivity index (χ0n) is 9.04. The van der Waals surface area contributed by atoms with E-state index >= 15 is 0 Å². The van der Waals surface area contributed by atoms with Crippen LogP contribution < -0.4 is 0 Å². The second-order valence-electron chi connectivity index (χ2n) is 3.68. The lowest BCUT2D eigenvalue weighted by Crippen LogP contribution is -2.38. The van der Waals surface area contributed by atoms with Gasteiger partial charge >= 0.3 is 5.97 Å². The molecule has 1 aliphatic heterocycles. The molecule has 0 saturated heterocycles. The van der Waals surface area contributed by atoms with Crippen molar-refractivity contribution in [3.05, 3.63) is 47.0 Å². The fourth-order valence-electron chi connectivity index (χ4n) is 1.75. The molecule has 6 heteroatoms. The van der Waals surface area contributed by atoms with Crippen LogP contribution in [0.4, 0.5) is 0 Å². The number of nitrogens with zero attached hydrogens (tertiary/aromatic N) is 1. The van der Waals surface area contributed by atoms with Gasteiger partial charge in [0.05, 0.1) is 0 Å². The maximum Gasteiger partial charge on any atom is 0.331 e. The lowest BCUT2D eigenvalue weighted by molar-refractivity contribution is -0.153. The van der Waals surface area contributed by atoms with Crippen molar-refractivity contribution in [3.8, 4) is 0 Å². The van der Waals surface area contributed by atoms with Gasteiger partial charge in [-0.05, 0) is 17.7 Å². The van der Waals surface area contributed by atoms with Crippen LogP contribution in [0.2, 0.25) is 5.02 Å². The number of imide groups is 1. The van der Waals surface area contributed by atoms with Crippen molar-refractivity contribution in [2.75, 3.05) is 0 Å². The molecule has 18 heavy (non-hydrogen) atoms. The quantitative estimate of drug-likeness (QED) is 0.838. The van der Waals surface area contributed by atoms with Crippen LogP contribution in [-0.2, 0) is 14.4 Å². The highest BCUT2D eigenvalue weighted by molar-refractivity contribution is 6.30. The van der Waals surface area contributed by atoms with Crippen LogP contribution in [0.25, 0.3) is 0 Å². The van der Waals surface area contributed by atoms with Gasteiger partial charge < -0.3 is 5.11 Å². The predicted octanol–water partition coefficient (Wildman–Crippen LogP) is 1.39. The number of benzene rings is 1. The van der Waals surface area contributed by atoms with Gasteiger partial charge in [-0.3, -0.25) is 14.5 Å². The van der Waals surface area contributed by atoms with Gasteiger partial charge in [0.15, 0.2) is 6.04 Å². The van der Waals surface area contributed by atoms with Crippen molar-refractivity contribution < 1.29 is 19.5 Å². The first-order chi connectivity index (χ1) is 8.50. The molecule has 0 aliphatic carbocycles. The summed E-state index contributed by atoms with van der Waals surface area (Å²) in [4.78, 5) is 35.0. The van der Waals surface area contributed by atoms with E-state index in [0.29, 0.717) is 9.92 Å². The molecule has 92 valence electrons. The Morgan fingerprint density at radius 3 is 2.33 bits per heavy atom. The summed E-state index contributed by atoms with van der Waals surface area (Å²) < 4.78 is 0. The van der Waals surface area contributed by atoms with Crippen molar-refractivity contribution >= 4 is 29.4 Å². The number of aliphatic carboxylic acids is 1. The summed E-state index contributed by atoms with van der Waals surface area (Å²) in [6.07, 6.45) is 2.09. The topological polar surface area (TPSA) is 74.7 Å². The molecule has 0 bridgehead atoms. The molecule has 1 N–H and O–H groups in total. The molecule has 0 spiro atoms. The zero-order chi connectivity index (χ0) is 13.3. The van der Waals surface area contributed by atoms with Crippen LogP contribution in [0.1, 0.15) is 11.6 Å². The molecule has 0 saturated carbocycles. The number of hydrogen-bond donors (Lipinski definition) is 1. The number of halogens is 1. The number of carboxylic acid groups (broad SMARTS) is 1. The number of carbonyl (C=O) groups is 3. The van der Waals surface area contributed by atoms with E-state index < -0.39 is 23.8 Å². The first-order valence-corrected chi connectivity index (χ1v) is 5.42. The van der Waals surface area contributed by atoms with E-state index in [1.165, 1.54) is 12.1 Å². The molecule has 2 rings (SSSR count). The summed E-state index contributed by atoms with van der Waals surface area (Å²) in [6.45, 7) is 0. The Bertz CT molecular complexity index is 549. The van der Waals surface area contributed by atoms with Gasteiger partial charge in [-0.1, -0.05) is 23.7 Å². The number of hydrogen-bond acceptors (Lipinski definition) is 3. The molecule has 2 amide bonds. The highest BCUT2D eigenvalue weighted by Gasteiger charge is 2.36. The monoisotopic (exact) mass is 265 g/mol. The molecule has 5 nitrogen and oxygen atoms in total. The first kappa shape index (κ1) is 12.3. The zero-order valence-corrected chi connectivity index (χ0v) is 9.79. The number of carbonyl (C=O) groups excluding carboxylic acids is 2. The Hall–Kier alpha value is -2.14. The molecule has 1 atom stereocenters. The van der Waals surface area contributed by atoms with E-state index in [1.54, 1.807) is 12.1 Å². The maximum atomic E-state index is 11.5. The van der Waals surface area contributed by atoms with Crippen molar-refractivity contribution in [3.63, 3.8) is 0 Å². The highest BCUT2D eigenvalue weighted by atomic mass is 35.5. The molecule has 1 aliphatic rings. The molecule has 1 heterocycles. The fraction of sp³-hybridized carbons (Fsp3) is 0.0833. The third-order valence-electron chi connectivity index (χ3n) is 2.50. The minimum Gasteiger partial charge on any atom is -0.479 e. The Balaban J connectivity index is 2.44. The second-order valence-corrected chi connectivity index (χ2v) is 4.11. The fourth-order valence-corrected chi connectivity index (χ4v) is 1.94. The van der Waals surface area contributed by atoms with Gasteiger partial charge in [-0.15, -0.1) is 0 Å². The van der Waals surface area contributed by atoms with E-state index in [2.05, 4.69) is 0 Å². The summed E-state index contributed by atoms with van der Waals surface area (Å²) in [5.74, 6) is -2.58. The molecule has 0 aromatic heterocycles. The van der Waals surface area contributed by atoms with Gasteiger partial charge in [-0.2, -0.15) is 0 Å². The Labute approximate surface area is 107 Å². The lowest BCUT2D eigenvalue weighted by Gasteiger charge is -2.22. The van der Waals surface area contributed by atoms with Crippen LogP contribution in [0.3, 0.4) is 0 Å². The predicted molar refractivity (Wildman–Crippen MR) is 62.8 cm³/mol. The van der Waals surface area contributed by atoms with Crippen LogP contribution in [-0.4, -0.2) is 27.8 Å². The highest BCUT2D eigenvalue weighted by Crippen LogP contribution is 2.26. The van der Waals surface area contributed by atoms with Gasteiger partial charge in [-0.25, -0.2) is 4.79 Å². The van der Waals surface area contributed by atoms with Gasteiger partial charge in [0.1, 0.15) is 0 Å². The van der Waals surface area contributed by atoms with E-state index in [4.69, 9.17) is 11.6 Å². The van der Waals surface area contributed by atoms with Crippen molar-refractivity contribution in [1.82, 2.24) is 4.90 Å². The standard InChI is InChI=1S/C12H8ClNO4/c13-8-3-1-2-7(6-8)11(12(17)18)14-9(15)4-5-10(14)16/h1-6,11H,(H,17,18). The molecule has 0 fully saturated rings. The lowest BCUT2D eigenvalue weighted by atomic mass is 10.1. The van der Waals surface area contributed by atoms with Crippen LogP contribution >= 0.6 is 11.6 Å². The Morgan fingerprint density at radius 2 is 1.83 bits per heavy atom. The van der Waals surface area contributed by atoms with E-state index in [1.807, 2.05) is 0 Å². The Morgan fingerprint density at radius 1 is 1.22 bits per heavy atom. The third kappa shape index (κ3) is 2.12.